The predicted molar refractivity (Wildman–Crippen MR) is 109 cm³/mol. The van der Waals surface area contributed by atoms with Gasteiger partial charge in [0.15, 0.2) is 0 Å². The van der Waals surface area contributed by atoms with Gasteiger partial charge in [0, 0.05) is 30.4 Å². The molecule has 0 spiro atoms. The van der Waals surface area contributed by atoms with E-state index in [-0.39, 0.29) is 23.0 Å². The van der Waals surface area contributed by atoms with Crippen LogP contribution in [0.2, 0.25) is 0 Å². The molecule has 0 aliphatic carbocycles. The lowest BCUT2D eigenvalue weighted by Crippen LogP contribution is -2.40. The van der Waals surface area contributed by atoms with Crippen LogP contribution in [0.3, 0.4) is 0 Å². The lowest BCUT2D eigenvalue weighted by atomic mass is 9.97. The number of nitrogens with zero attached hydrogens (tertiary/aromatic N) is 2. The highest BCUT2D eigenvalue weighted by Gasteiger charge is 2.25. The van der Waals surface area contributed by atoms with Crippen LogP contribution >= 0.6 is 0 Å². The summed E-state index contributed by atoms with van der Waals surface area (Å²) in [5.74, 6) is -1.97. The van der Waals surface area contributed by atoms with Crippen LogP contribution in [-0.2, 0) is 11.3 Å². The maximum Gasteiger partial charge on any atom is 0.276 e. The summed E-state index contributed by atoms with van der Waals surface area (Å²) < 4.78 is 14.1. The molecular formula is C21H23FN4O4. The first-order valence-corrected chi connectivity index (χ1v) is 9.61. The number of para-hydroxylation sites is 1. The third-order valence-corrected chi connectivity index (χ3v) is 5.34. The number of anilines is 1. The summed E-state index contributed by atoms with van der Waals surface area (Å²) in [6.07, 6.45) is 1.62. The topological polar surface area (TPSA) is 119 Å². The smallest absolute Gasteiger partial charge is 0.276 e. The molecule has 3 rings (SSSR count). The molecule has 1 heterocycles. The number of rotatable bonds is 6. The van der Waals surface area contributed by atoms with E-state index in [9.17, 15) is 24.1 Å². The van der Waals surface area contributed by atoms with Crippen LogP contribution in [0.15, 0.2) is 36.4 Å². The molecule has 1 aliphatic heterocycles. The van der Waals surface area contributed by atoms with Crippen molar-refractivity contribution in [2.24, 2.45) is 11.7 Å². The fraction of sp³-hybridized carbons (Fsp3) is 0.333. The van der Waals surface area contributed by atoms with E-state index < -0.39 is 22.3 Å². The van der Waals surface area contributed by atoms with Gasteiger partial charge in [0.05, 0.1) is 16.4 Å². The normalized spacial score (nSPS) is 16.8. The fourth-order valence-electron chi connectivity index (χ4n) is 3.63. The average Bonchev–Trinajstić information content (AvgIpc) is 2.71. The fourth-order valence-corrected chi connectivity index (χ4v) is 3.63. The summed E-state index contributed by atoms with van der Waals surface area (Å²) in [5, 5.41) is 13.8. The number of piperidine rings is 1. The number of halogens is 1. The van der Waals surface area contributed by atoms with Crippen molar-refractivity contribution in [3.63, 3.8) is 0 Å². The average molecular weight is 414 g/mol. The van der Waals surface area contributed by atoms with E-state index in [0.29, 0.717) is 18.8 Å². The summed E-state index contributed by atoms with van der Waals surface area (Å²) in [7, 11) is 0. The van der Waals surface area contributed by atoms with Gasteiger partial charge in [0.1, 0.15) is 5.82 Å². The van der Waals surface area contributed by atoms with Crippen LogP contribution in [0, 0.1) is 28.8 Å². The van der Waals surface area contributed by atoms with Crippen LogP contribution in [0.4, 0.5) is 15.8 Å². The molecule has 1 saturated heterocycles. The molecule has 8 nitrogen and oxygen atoms in total. The Hall–Kier alpha value is -3.33. The number of hydrogen-bond donors (Lipinski definition) is 2. The van der Waals surface area contributed by atoms with Crippen molar-refractivity contribution in [2.75, 3.05) is 18.4 Å². The minimum Gasteiger partial charge on any atom is -0.369 e. The van der Waals surface area contributed by atoms with Gasteiger partial charge in [-0.25, -0.2) is 4.39 Å². The molecule has 2 aromatic carbocycles. The Balaban J connectivity index is 1.79. The Morgan fingerprint density at radius 2 is 2.07 bits per heavy atom. The zero-order chi connectivity index (χ0) is 21.8. The first-order valence-electron chi connectivity index (χ1n) is 9.61. The van der Waals surface area contributed by atoms with Crippen molar-refractivity contribution in [2.45, 2.75) is 26.3 Å². The second-order valence-corrected chi connectivity index (χ2v) is 7.45. The van der Waals surface area contributed by atoms with E-state index >= 15 is 0 Å². The highest BCUT2D eigenvalue weighted by Crippen LogP contribution is 2.25. The highest BCUT2D eigenvalue weighted by atomic mass is 19.1. The number of primary amides is 1. The van der Waals surface area contributed by atoms with Crippen molar-refractivity contribution in [1.29, 1.82) is 0 Å². The van der Waals surface area contributed by atoms with Gasteiger partial charge in [0.2, 0.25) is 5.91 Å². The molecule has 1 fully saturated rings. The summed E-state index contributed by atoms with van der Waals surface area (Å²) in [6.45, 7) is 3.15. The lowest BCUT2D eigenvalue weighted by Gasteiger charge is -2.31. The second-order valence-electron chi connectivity index (χ2n) is 7.45. The van der Waals surface area contributed by atoms with Crippen molar-refractivity contribution < 1.29 is 18.9 Å². The van der Waals surface area contributed by atoms with Gasteiger partial charge in [-0.1, -0.05) is 18.2 Å². The molecule has 0 bridgehead atoms. The van der Waals surface area contributed by atoms with Crippen LogP contribution < -0.4 is 11.1 Å². The summed E-state index contributed by atoms with van der Waals surface area (Å²) in [6, 6.07) is 9.20. The Kier molecular flexibility index (Phi) is 6.41. The summed E-state index contributed by atoms with van der Waals surface area (Å²) in [4.78, 5) is 36.7. The zero-order valence-electron chi connectivity index (χ0n) is 16.6. The van der Waals surface area contributed by atoms with Gasteiger partial charge < -0.3 is 11.1 Å². The molecule has 158 valence electrons. The minimum absolute atomic E-state index is 0.119. The molecule has 30 heavy (non-hydrogen) atoms. The van der Waals surface area contributed by atoms with Crippen molar-refractivity contribution >= 4 is 23.2 Å². The van der Waals surface area contributed by atoms with Crippen LogP contribution in [0.25, 0.3) is 0 Å². The van der Waals surface area contributed by atoms with Crippen molar-refractivity contribution in [3.05, 3.63) is 69.0 Å². The molecule has 1 atom stereocenters. The maximum atomic E-state index is 14.1. The van der Waals surface area contributed by atoms with Gasteiger partial charge in [-0.3, -0.25) is 24.6 Å². The molecule has 2 aromatic rings. The van der Waals surface area contributed by atoms with Crippen molar-refractivity contribution in [1.82, 2.24) is 4.90 Å². The largest absolute Gasteiger partial charge is 0.369 e. The number of nitrogens with one attached hydrogen (secondary N) is 1. The van der Waals surface area contributed by atoms with Gasteiger partial charge >= 0.3 is 0 Å². The minimum atomic E-state index is -0.812. The highest BCUT2D eigenvalue weighted by molar-refractivity contribution is 6.05. The Morgan fingerprint density at radius 1 is 1.33 bits per heavy atom. The van der Waals surface area contributed by atoms with E-state index in [1.165, 1.54) is 6.92 Å². The van der Waals surface area contributed by atoms with Gasteiger partial charge in [-0.15, -0.1) is 0 Å². The maximum absolute atomic E-state index is 14.1. The third-order valence-electron chi connectivity index (χ3n) is 5.34. The van der Waals surface area contributed by atoms with Crippen LogP contribution in [0.1, 0.15) is 34.3 Å². The van der Waals surface area contributed by atoms with Crippen LogP contribution in [-0.4, -0.2) is 34.7 Å². The van der Waals surface area contributed by atoms with Gasteiger partial charge in [-0.05, 0) is 44.0 Å². The SMILES string of the molecule is Cc1c(F)cc(C(=O)Nc2ccccc2CN2CCCC(C(N)=O)C2)cc1[N+](=O)[O-]. The first-order chi connectivity index (χ1) is 14.3. The van der Waals surface area contributed by atoms with Gasteiger partial charge in [0.25, 0.3) is 11.6 Å². The lowest BCUT2D eigenvalue weighted by molar-refractivity contribution is -0.385. The van der Waals surface area contributed by atoms with Crippen LogP contribution in [0.5, 0.6) is 0 Å². The zero-order valence-corrected chi connectivity index (χ0v) is 16.6. The number of nitrogens with two attached hydrogens (primary N) is 1. The second kappa shape index (κ2) is 9.00. The predicted octanol–water partition coefficient (Wildman–Crippen LogP) is 2.99. The number of carbonyl (C=O) groups is 2. The molecule has 0 aromatic heterocycles. The van der Waals surface area contributed by atoms with Crippen molar-refractivity contribution in [3.8, 4) is 0 Å². The molecule has 1 aliphatic rings. The van der Waals surface area contributed by atoms with E-state index in [1.54, 1.807) is 12.1 Å². The molecule has 1 unspecified atom stereocenters. The number of likely N-dealkylation sites (tertiary alicyclic amines) is 1. The standard InChI is InChI=1S/C21H23FN4O4/c1-13-17(22)9-16(10-19(13)26(29)30)21(28)24-18-7-3-2-5-14(18)11-25-8-4-6-15(12-25)20(23)27/h2-3,5,7,9-10,15H,4,6,8,11-12H2,1H3,(H2,23,27)(H,24,28). The van der Waals surface area contributed by atoms with Gasteiger partial charge in [-0.2, -0.15) is 0 Å². The number of nitro groups is 1. The van der Waals surface area contributed by atoms with E-state index in [2.05, 4.69) is 10.2 Å². The summed E-state index contributed by atoms with van der Waals surface area (Å²) in [5.41, 5.74) is 6.08. The molecule has 9 heteroatoms. The number of carbonyl (C=O) groups excluding carboxylic acids is 2. The Bertz CT molecular complexity index is 995. The molecule has 0 radical (unpaired) electrons. The Morgan fingerprint density at radius 3 is 2.77 bits per heavy atom. The number of amides is 2. The number of benzene rings is 2. The molecule has 2 amide bonds. The Labute approximate surface area is 173 Å². The van der Waals surface area contributed by atoms with E-state index in [0.717, 1.165) is 37.1 Å². The molecule has 0 saturated carbocycles. The molecular weight excluding hydrogens is 391 g/mol. The monoisotopic (exact) mass is 414 g/mol. The van der Waals surface area contributed by atoms with E-state index in [4.69, 9.17) is 5.73 Å². The van der Waals surface area contributed by atoms with E-state index in [1.807, 2.05) is 12.1 Å². The number of hydrogen-bond acceptors (Lipinski definition) is 5. The quantitative estimate of drug-likeness (QED) is 0.556. The molecule has 3 N–H and O–H groups in total. The number of nitro benzene ring substituents is 1. The first kappa shape index (κ1) is 21.4. The third kappa shape index (κ3) is 4.80. The summed E-state index contributed by atoms with van der Waals surface area (Å²) >= 11 is 0.